The molecule has 2 heteroatoms. The van der Waals surface area contributed by atoms with Gasteiger partial charge < -0.3 is 0 Å². The summed E-state index contributed by atoms with van der Waals surface area (Å²) in [5.41, 5.74) is -0.235. The third-order valence-electron chi connectivity index (χ3n) is 3.17. The Bertz CT molecular complexity index is 202. The van der Waals surface area contributed by atoms with Gasteiger partial charge in [-0.15, -0.1) is 0 Å². The average molecular weight is 197 g/mol. The van der Waals surface area contributed by atoms with E-state index in [1.54, 1.807) is 0 Å². The quantitative estimate of drug-likeness (QED) is 0.690. The van der Waals surface area contributed by atoms with Crippen LogP contribution in [0.15, 0.2) is 0 Å². The fourth-order valence-corrected chi connectivity index (χ4v) is 2.07. The van der Waals surface area contributed by atoms with Gasteiger partial charge in [0.15, 0.2) is 5.78 Å². The molecule has 0 aromatic carbocycles. The summed E-state index contributed by atoms with van der Waals surface area (Å²) >= 11 is 0. The number of carbonyl (C=O) groups is 1. The van der Waals surface area contributed by atoms with E-state index < -0.39 is 0 Å². The van der Waals surface area contributed by atoms with E-state index in [2.05, 4.69) is 32.6 Å². The summed E-state index contributed by atoms with van der Waals surface area (Å²) in [6.45, 7) is 10.6. The zero-order valence-electron chi connectivity index (χ0n) is 9.97. The molecule has 0 aromatic rings. The van der Waals surface area contributed by atoms with Gasteiger partial charge >= 0.3 is 0 Å². The van der Waals surface area contributed by atoms with E-state index in [4.69, 9.17) is 0 Å². The first-order valence-electron chi connectivity index (χ1n) is 5.73. The van der Waals surface area contributed by atoms with Crippen molar-refractivity contribution in [2.45, 2.75) is 52.5 Å². The molecule has 0 spiro atoms. The van der Waals surface area contributed by atoms with E-state index in [0.717, 1.165) is 13.1 Å². The number of hydrogen-bond donors (Lipinski definition) is 0. The second kappa shape index (κ2) is 4.43. The fraction of sp³-hybridized carbons (Fsp3) is 0.917. The molecule has 0 radical (unpaired) electrons. The Labute approximate surface area is 87.7 Å². The zero-order valence-corrected chi connectivity index (χ0v) is 9.97. The Morgan fingerprint density at radius 1 is 1.29 bits per heavy atom. The minimum absolute atomic E-state index is 0.235. The molecule has 82 valence electrons. The van der Waals surface area contributed by atoms with Crippen LogP contribution in [0.4, 0.5) is 0 Å². The van der Waals surface area contributed by atoms with Gasteiger partial charge in [0.1, 0.15) is 0 Å². The Balaban J connectivity index is 2.58. The van der Waals surface area contributed by atoms with Crippen molar-refractivity contribution >= 4 is 5.78 Å². The maximum atomic E-state index is 12.0. The molecular formula is C12H23NO. The Hall–Kier alpha value is -0.370. The zero-order chi connectivity index (χ0) is 10.8. The van der Waals surface area contributed by atoms with E-state index in [-0.39, 0.29) is 5.54 Å². The third kappa shape index (κ3) is 2.57. The lowest BCUT2D eigenvalue weighted by Crippen LogP contribution is -2.48. The van der Waals surface area contributed by atoms with E-state index in [1.165, 1.54) is 12.8 Å². The van der Waals surface area contributed by atoms with Crippen LogP contribution < -0.4 is 0 Å². The molecule has 0 unspecified atom stereocenters. The van der Waals surface area contributed by atoms with Crippen molar-refractivity contribution in [1.82, 2.24) is 4.90 Å². The first-order chi connectivity index (χ1) is 6.44. The average Bonchev–Trinajstić information content (AvgIpc) is 2.54. The monoisotopic (exact) mass is 197 g/mol. The third-order valence-corrected chi connectivity index (χ3v) is 3.17. The molecule has 0 N–H and O–H groups in total. The second-order valence-corrected chi connectivity index (χ2v) is 5.27. The van der Waals surface area contributed by atoms with Crippen LogP contribution in [-0.4, -0.2) is 29.3 Å². The Morgan fingerprint density at radius 3 is 2.21 bits per heavy atom. The van der Waals surface area contributed by atoms with Crippen molar-refractivity contribution in [2.24, 2.45) is 5.92 Å². The number of likely N-dealkylation sites (tertiary alicyclic amines) is 1. The fourth-order valence-electron chi connectivity index (χ4n) is 2.07. The van der Waals surface area contributed by atoms with Gasteiger partial charge in [0.2, 0.25) is 0 Å². The Kier molecular flexibility index (Phi) is 3.71. The number of ketones is 1. The molecule has 14 heavy (non-hydrogen) atoms. The summed E-state index contributed by atoms with van der Waals surface area (Å²) < 4.78 is 0. The summed E-state index contributed by atoms with van der Waals surface area (Å²) in [5, 5.41) is 0. The van der Waals surface area contributed by atoms with Gasteiger partial charge in [0.05, 0.1) is 5.54 Å². The molecule has 1 saturated heterocycles. The molecule has 0 aromatic heterocycles. The highest BCUT2D eigenvalue weighted by molar-refractivity contribution is 5.87. The molecule has 1 aliphatic rings. The molecule has 0 amide bonds. The standard InChI is InChI=1S/C12H23NO/c1-10(2)9-11(14)12(3,4)13-7-5-6-8-13/h10H,5-9H2,1-4H3. The lowest BCUT2D eigenvalue weighted by Gasteiger charge is -2.34. The summed E-state index contributed by atoms with van der Waals surface area (Å²) in [7, 11) is 0. The normalized spacial score (nSPS) is 19.2. The van der Waals surface area contributed by atoms with Gasteiger partial charge in [-0.1, -0.05) is 13.8 Å². The van der Waals surface area contributed by atoms with Crippen LogP contribution in [0.3, 0.4) is 0 Å². The maximum absolute atomic E-state index is 12.0. The highest BCUT2D eigenvalue weighted by Gasteiger charge is 2.35. The molecular weight excluding hydrogens is 174 g/mol. The van der Waals surface area contributed by atoms with Gasteiger partial charge in [-0.3, -0.25) is 9.69 Å². The lowest BCUT2D eigenvalue weighted by atomic mass is 9.91. The van der Waals surface area contributed by atoms with Gasteiger partial charge in [-0.25, -0.2) is 0 Å². The SMILES string of the molecule is CC(C)CC(=O)C(C)(C)N1CCCC1. The van der Waals surface area contributed by atoms with Crippen LogP contribution in [0, 0.1) is 5.92 Å². The molecule has 0 saturated carbocycles. The van der Waals surface area contributed by atoms with E-state index in [0.29, 0.717) is 18.1 Å². The van der Waals surface area contributed by atoms with Crippen molar-refractivity contribution < 1.29 is 4.79 Å². The molecule has 0 aliphatic carbocycles. The van der Waals surface area contributed by atoms with Crippen molar-refractivity contribution in [3.05, 3.63) is 0 Å². The molecule has 1 aliphatic heterocycles. The molecule has 1 rings (SSSR count). The smallest absolute Gasteiger partial charge is 0.152 e. The van der Waals surface area contributed by atoms with Crippen LogP contribution in [0.5, 0.6) is 0 Å². The van der Waals surface area contributed by atoms with E-state index >= 15 is 0 Å². The van der Waals surface area contributed by atoms with Gasteiger partial charge in [-0.05, 0) is 45.7 Å². The maximum Gasteiger partial charge on any atom is 0.152 e. The number of Topliss-reactive ketones (excluding diaryl/α,β-unsaturated/α-hetero) is 1. The number of carbonyl (C=O) groups excluding carboxylic acids is 1. The summed E-state index contributed by atoms with van der Waals surface area (Å²) in [6, 6.07) is 0. The van der Waals surface area contributed by atoms with Crippen LogP contribution in [0.2, 0.25) is 0 Å². The number of hydrogen-bond acceptors (Lipinski definition) is 2. The largest absolute Gasteiger partial charge is 0.298 e. The molecule has 1 fully saturated rings. The second-order valence-electron chi connectivity index (χ2n) is 5.27. The molecule has 2 nitrogen and oxygen atoms in total. The van der Waals surface area contributed by atoms with Gasteiger partial charge in [-0.2, -0.15) is 0 Å². The van der Waals surface area contributed by atoms with Crippen LogP contribution in [0.1, 0.15) is 47.0 Å². The minimum Gasteiger partial charge on any atom is -0.298 e. The molecule has 0 atom stereocenters. The first kappa shape index (κ1) is 11.7. The number of nitrogens with zero attached hydrogens (tertiary/aromatic N) is 1. The van der Waals surface area contributed by atoms with Crippen molar-refractivity contribution in [3.8, 4) is 0 Å². The highest BCUT2D eigenvalue weighted by Crippen LogP contribution is 2.24. The summed E-state index contributed by atoms with van der Waals surface area (Å²) in [6.07, 6.45) is 3.21. The topological polar surface area (TPSA) is 20.3 Å². The predicted octanol–water partition coefficient (Wildman–Crippen LogP) is 2.48. The molecule has 1 heterocycles. The summed E-state index contributed by atoms with van der Waals surface area (Å²) in [5.74, 6) is 0.874. The Morgan fingerprint density at radius 2 is 1.79 bits per heavy atom. The van der Waals surface area contributed by atoms with E-state index in [9.17, 15) is 4.79 Å². The van der Waals surface area contributed by atoms with Crippen molar-refractivity contribution in [1.29, 1.82) is 0 Å². The van der Waals surface area contributed by atoms with Gasteiger partial charge in [0.25, 0.3) is 0 Å². The molecule has 0 bridgehead atoms. The number of rotatable bonds is 4. The van der Waals surface area contributed by atoms with E-state index in [1.807, 2.05) is 0 Å². The van der Waals surface area contributed by atoms with Crippen LogP contribution in [0.25, 0.3) is 0 Å². The lowest BCUT2D eigenvalue weighted by molar-refractivity contribution is -0.129. The van der Waals surface area contributed by atoms with Crippen molar-refractivity contribution in [3.63, 3.8) is 0 Å². The van der Waals surface area contributed by atoms with Crippen LogP contribution >= 0.6 is 0 Å². The van der Waals surface area contributed by atoms with Crippen LogP contribution in [-0.2, 0) is 4.79 Å². The predicted molar refractivity (Wildman–Crippen MR) is 59.3 cm³/mol. The van der Waals surface area contributed by atoms with Crippen molar-refractivity contribution in [2.75, 3.05) is 13.1 Å². The summed E-state index contributed by atoms with van der Waals surface area (Å²) in [4.78, 5) is 14.4. The minimum atomic E-state index is -0.235. The highest BCUT2D eigenvalue weighted by atomic mass is 16.1. The van der Waals surface area contributed by atoms with Gasteiger partial charge in [0, 0.05) is 6.42 Å². The first-order valence-corrected chi connectivity index (χ1v) is 5.73.